The Kier molecular flexibility index (Phi) is 14.6. The first-order valence-corrected chi connectivity index (χ1v) is 10.5. The van der Waals surface area contributed by atoms with Crippen molar-refractivity contribution < 1.29 is 0 Å². The van der Waals surface area contributed by atoms with Crippen molar-refractivity contribution in [2.24, 2.45) is 23.7 Å². The van der Waals surface area contributed by atoms with Crippen LogP contribution in [0.25, 0.3) is 0 Å². The van der Waals surface area contributed by atoms with E-state index in [1.165, 1.54) is 77.0 Å². The van der Waals surface area contributed by atoms with E-state index in [0.29, 0.717) is 0 Å². The molecule has 0 aliphatic rings. The van der Waals surface area contributed by atoms with Gasteiger partial charge in [0.1, 0.15) is 0 Å². The predicted octanol–water partition coefficient (Wildman–Crippen LogP) is 8.25. The van der Waals surface area contributed by atoms with E-state index >= 15 is 0 Å². The third-order valence-corrected chi connectivity index (χ3v) is 5.46. The van der Waals surface area contributed by atoms with Gasteiger partial charge in [0, 0.05) is 0 Å². The summed E-state index contributed by atoms with van der Waals surface area (Å²) in [5.41, 5.74) is 0. The fourth-order valence-corrected chi connectivity index (χ4v) is 3.72. The fraction of sp³-hybridized carbons (Fsp3) is 1.00. The molecule has 0 bridgehead atoms. The summed E-state index contributed by atoms with van der Waals surface area (Å²) < 4.78 is 0. The third-order valence-electron chi connectivity index (χ3n) is 5.46. The van der Waals surface area contributed by atoms with Gasteiger partial charge < -0.3 is 0 Å². The number of hydrogen-bond donors (Lipinski definition) is 0. The molecule has 0 aromatic rings. The molecule has 0 amide bonds. The lowest BCUT2D eigenvalue weighted by molar-refractivity contribution is 0.355. The smallest absolute Gasteiger partial charge is 0.0417 e. The van der Waals surface area contributed by atoms with Crippen molar-refractivity contribution in [3.05, 3.63) is 0 Å². The van der Waals surface area contributed by atoms with Crippen LogP contribution in [-0.4, -0.2) is 0 Å². The molecule has 0 saturated heterocycles. The van der Waals surface area contributed by atoms with Crippen molar-refractivity contribution in [2.75, 3.05) is 0 Å². The van der Waals surface area contributed by atoms with Crippen LogP contribution in [0.3, 0.4) is 0 Å². The Morgan fingerprint density at radius 3 is 1.45 bits per heavy atom. The lowest BCUT2D eigenvalue weighted by Gasteiger charge is -2.17. The van der Waals surface area contributed by atoms with Gasteiger partial charge in [0.05, 0.1) is 0 Å². The topological polar surface area (TPSA) is 0 Å². The molecule has 134 valence electrons. The third kappa shape index (κ3) is 13.6. The van der Waals surface area contributed by atoms with Crippen LogP contribution in [0.15, 0.2) is 0 Å². The molecule has 0 heteroatoms. The minimum atomic E-state index is 0.882. The molecule has 0 nitrogen and oxygen atoms in total. The van der Waals surface area contributed by atoms with Gasteiger partial charge in [-0.25, -0.2) is 0 Å². The maximum atomic E-state index is 2.48. The molecule has 0 rings (SSSR count). The van der Waals surface area contributed by atoms with Gasteiger partial charge in [-0.3, -0.25) is 0 Å². The maximum absolute atomic E-state index is 2.48. The fourth-order valence-electron chi connectivity index (χ4n) is 3.72. The van der Waals surface area contributed by atoms with E-state index < -0.39 is 0 Å². The molecular weight excluding hydrogens is 264 g/mol. The summed E-state index contributed by atoms with van der Waals surface area (Å²) in [5.74, 6) is 3.77. The SMILES string of the molecule is CCCC(C)CCCC(C)CCCC(CC)CCCC(C)C. The van der Waals surface area contributed by atoms with Crippen LogP contribution in [0.5, 0.6) is 0 Å². The molecular formula is C22H46. The van der Waals surface area contributed by atoms with Crippen LogP contribution < -0.4 is 0 Å². The molecule has 0 aromatic heterocycles. The zero-order chi connectivity index (χ0) is 16.8. The molecule has 0 saturated carbocycles. The van der Waals surface area contributed by atoms with Crippen LogP contribution in [0.1, 0.15) is 119 Å². The number of rotatable bonds is 15. The van der Waals surface area contributed by atoms with Gasteiger partial charge in [-0.15, -0.1) is 0 Å². The molecule has 0 aromatic carbocycles. The Hall–Kier alpha value is 0. The Morgan fingerprint density at radius 2 is 1.00 bits per heavy atom. The molecule has 0 radical (unpaired) electrons. The Morgan fingerprint density at radius 1 is 0.545 bits per heavy atom. The first kappa shape index (κ1) is 22.0. The standard InChI is InChI=1S/C22H46/c1-7-12-20(5)14-10-15-21(6)16-11-18-22(8-2)17-9-13-19(3)4/h19-22H,7-18H2,1-6H3. The molecule has 0 aliphatic heterocycles. The van der Waals surface area contributed by atoms with Gasteiger partial charge in [-0.05, 0) is 23.7 Å². The molecule has 3 unspecified atom stereocenters. The average molecular weight is 311 g/mol. The van der Waals surface area contributed by atoms with Crippen LogP contribution in [0, 0.1) is 23.7 Å². The van der Waals surface area contributed by atoms with Crippen molar-refractivity contribution in [2.45, 2.75) is 119 Å². The van der Waals surface area contributed by atoms with Gasteiger partial charge in [0.25, 0.3) is 0 Å². The summed E-state index contributed by atoms with van der Waals surface area (Å²) in [6.07, 6.45) is 17.3. The van der Waals surface area contributed by atoms with Gasteiger partial charge in [0.15, 0.2) is 0 Å². The van der Waals surface area contributed by atoms with Crippen LogP contribution in [0.2, 0.25) is 0 Å². The second kappa shape index (κ2) is 14.6. The minimum absolute atomic E-state index is 0.882. The van der Waals surface area contributed by atoms with Gasteiger partial charge in [-0.2, -0.15) is 0 Å². The highest BCUT2D eigenvalue weighted by molar-refractivity contribution is 4.62. The highest BCUT2D eigenvalue weighted by Crippen LogP contribution is 2.24. The predicted molar refractivity (Wildman–Crippen MR) is 103 cm³/mol. The zero-order valence-electron chi connectivity index (χ0n) is 16.8. The summed E-state index contributed by atoms with van der Waals surface area (Å²) in [7, 11) is 0. The highest BCUT2D eigenvalue weighted by Gasteiger charge is 2.09. The molecule has 0 fully saturated rings. The number of hydrogen-bond acceptors (Lipinski definition) is 0. The van der Waals surface area contributed by atoms with Crippen molar-refractivity contribution >= 4 is 0 Å². The quantitative estimate of drug-likeness (QED) is 0.285. The van der Waals surface area contributed by atoms with E-state index in [0.717, 1.165) is 23.7 Å². The summed E-state index contributed by atoms with van der Waals surface area (Å²) in [6, 6.07) is 0. The summed E-state index contributed by atoms with van der Waals surface area (Å²) >= 11 is 0. The van der Waals surface area contributed by atoms with Gasteiger partial charge in [-0.1, -0.05) is 119 Å². The molecule has 0 spiro atoms. The second-order valence-electron chi connectivity index (χ2n) is 8.46. The van der Waals surface area contributed by atoms with Gasteiger partial charge >= 0.3 is 0 Å². The monoisotopic (exact) mass is 310 g/mol. The van der Waals surface area contributed by atoms with E-state index in [1.54, 1.807) is 0 Å². The van der Waals surface area contributed by atoms with Gasteiger partial charge in [0.2, 0.25) is 0 Å². The van der Waals surface area contributed by atoms with Crippen molar-refractivity contribution in [3.8, 4) is 0 Å². The van der Waals surface area contributed by atoms with E-state index in [9.17, 15) is 0 Å². The normalized spacial score (nSPS) is 16.0. The van der Waals surface area contributed by atoms with Crippen LogP contribution in [-0.2, 0) is 0 Å². The minimum Gasteiger partial charge on any atom is -0.0654 e. The second-order valence-corrected chi connectivity index (χ2v) is 8.46. The average Bonchev–Trinajstić information content (AvgIpc) is 2.45. The lowest BCUT2D eigenvalue weighted by Crippen LogP contribution is -2.03. The summed E-state index contributed by atoms with van der Waals surface area (Å²) in [5, 5.41) is 0. The molecule has 0 heterocycles. The van der Waals surface area contributed by atoms with Crippen molar-refractivity contribution in [3.63, 3.8) is 0 Å². The molecule has 3 atom stereocenters. The molecule has 22 heavy (non-hydrogen) atoms. The Bertz CT molecular complexity index is 218. The largest absolute Gasteiger partial charge is 0.0654 e. The first-order chi connectivity index (χ1) is 10.5. The Balaban J connectivity index is 3.61. The van der Waals surface area contributed by atoms with E-state index in [2.05, 4.69) is 41.5 Å². The van der Waals surface area contributed by atoms with Crippen molar-refractivity contribution in [1.82, 2.24) is 0 Å². The van der Waals surface area contributed by atoms with Crippen LogP contribution >= 0.6 is 0 Å². The Labute approximate surface area is 142 Å². The van der Waals surface area contributed by atoms with E-state index in [4.69, 9.17) is 0 Å². The lowest BCUT2D eigenvalue weighted by atomic mass is 9.89. The summed E-state index contributed by atoms with van der Waals surface area (Å²) in [6.45, 7) is 14.3. The molecule has 0 aliphatic carbocycles. The van der Waals surface area contributed by atoms with Crippen molar-refractivity contribution in [1.29, 1.82) is 0 Å². The zero-order valence-corrected chi connectivity index (χ0v) is 16.8. The van der Waals surface area contributed by atoms with E-state index in [1.807, 2.05) is 0 Å². The maximum Gasteiger partial charge on any atom is -0.0417 e. The molecule has 0 N–H and O–H groups in total. The van der Waals surface area contributed by atoms with E-state index in [-0.39, 0.29) is 0 Å². The first-order valence-electron chi connectivity index (χ1n) is 10.5. The summed E-state index contributed by atoms with van der Waals surface area (Å²) in [4.78, 5) is 0. The highest BCUT2D eigenvalue weighted by atomic mass is 14.2. The van der Waals surface area contributed by atoms with Crippen LogP contribution in [0.4, 0.5) is 0 Å².